The van der Waals surface area contributed by atoms with Gasteiger partial charge < -0.3 is 4.80 Å². The van der Waals surface area contributed by atoms with Crippen LogP contribution < -0.4 is 0 Å². The molecule has 0 heterocycles. The highest BCUT2D eigenvalue weighted by Gasteiger charge is 1.91. The standard InChI is InChI=1S/C4H12OSi/c1-3-4-6(2)5/h5-6H,3-4H2,1-2H3. The number of hydrogen-bond acceptors (Lipinski definition) is 1. The zero-order valence-electron chi connectivity index (χ0n) is 4.44. The third-order valence-corrected chi connectivity index (χ3v) is 2.12. The predicted molar refractivity (Wildman–Crippen MR) is 30.3 cm³/mol. The highest BCUT2D eigenvalue weighted by Crippen LogP contribution is 1.89. The van der Waals surface area contributed by atoms with Crippen molar-refractivity contribution in [2.75, 3.05) is 0 Å². The first-order chi connectivity index (χ1) is 2.77. The Kier molecular flexibility index (Phi) is 3.47. The minimum atomic E-state index is -1.17. The molecule has 0 aliphatic carbocycles. The maximum Gasteiger partial charge on any atom is 0.169 e. The monoisotopic (exact) mass is 104 g/mol. The summed E-state index contributed by atoms with van der Waals surface area (Å²) in [4.78, 5) is 8.69. The van der Waals surface area contributed by atoms with Crippen LogP contribution in [0.15, 0.2) is 0 Å². The van der Waals surface area contributed by atoms with Gasteiger partial charge in [-0.25, -0.2) is 0 Å². The molecular weight excluding hydrogens is 92.1 g/mol. The summed E-state index contributed by atoms with van der Waals surface area (Å²) in [5.41, 5.74) is 0. The second-order valence-electron chi connectivity index (χ2n) is 1.64. The molecule has 1 atom stereocenters. The van der Waals surface area contributed by atoms with Crippen LogP contribution in [-0.2, 0) is 0 Å². The molecule has 0 saturated carbocycles. The lowest BCUT2D eigenvalue weighted by molar-refractivity contribution is 0.574. The molecule has 2 heteroatoms. The average Bonchev–Trinajstić information content (AvgIpc) is 1.35. The van der Waals surface area contributed by atoms with Gasteiger partial charge in [-0.1, -0.05) is 13.3 Å². The van der Waals surface area contributed by atoms with Gasteiger partial charge in [-0.3, -0.25) is 0 Å². The van der Waals surface area contributed by atoms with E-state index in [1.54, 1.807) is 0 Å². The second-order valence-corrected chi connectivity index (χ2v) is 3.91. The molecule has 0 saturated heterocycles. The minimum absolute atomic E-state index is 1.07. The quantitative estimate of drug-likeness (QED) is 0.512. The average molecular weight is 104 g/mol. The molecule has 0 aromatic heterocycles. The molecule has 0 aliphatic rings. The van der Waals surface area contributed by atoms with Gasteiger partial charge in [-0.2, -0.15) is 0 Å². The van der Waals surface area contributed by atoms with Crippen molar-refractivity contribution >= 4 is 9.04 Å². The summed E-state index contributed by atoms with van der Waals surface area (Å²) in [5, 5.41) is 0. The van der Waals surface area contributed by atoms with Crippen LogP contribution in [0.1, 0.15) is 13.3 Å². The predicted octanol–water partition coefficient (Wildman–Crippen LogP) is 0.742. The highest BCUT2D eigenvalue weighted by molar-refractivity contribution is 6.48. The fraction of sp³-hybridized carbons (Fsp3) is 1.00. The van der Waals surface area contributed by atoms with Crippen LogP contribution in [0.25, 0.3) is 0 Å². The Bertz CT molecular complexity index is 28.7. The summed E-state index contributed by atoms with van der Waals surface area (Å²) in [5.74, 6) is 0. The van der Waals surface area contributed by atoms with E-state index in [1.807, 2.05) is 6.55 Å². The Hall–Kier alpha value is 0.177. The number of rotatable bonds is 2. The molecule has 0 amide bonds. The lowest BCUT2D eigenvalue weighted by Crippen LogP contribution is -2.02. The van der Waals surface area contributed by atoms with Gasteiger partial charge in [0.05, 0.1) is 0 Å². The van der Waals surface area contributed by atoms with E-state index in [0.717, 1.165) is 12.5 Å². The summed E-state index contributed by atoms with van der Waals surface area (Å²) in [6.07, 6.45) is 1.14. The van der Waals surface area contributed by atoms with E-state index in [2.05, 4.69) is 6.92 Å². The molecule has 0 aromatic carbocycles. The van der Waals surface area contributed by atoms with Gasteiger partial charge in [0, 0.05) is 0 Å². The summed E-state index contributed by atoms with van der Waals surface area (Å²) < 4.78 is 0. The van der Waals surface area contributed by atoms with Crippen molar-refractivity contribution in [1.82, 2.24) is 0 Å². The van der Waals surface area contributed by atoms with Crippen LogP contribution in [0.5, 0.6) is 0 Å². The maximum atomic E-state index is 8.69. The Labute approximate surface area is 40.7 Å². The Morgan fingerprint density at radius 1 is 1.67 bits per heavy atom. The van der Waals surface area contributed by atoms with Crippen LogP contribution in [0.2, 0.25) is 12.6 Å². The SMILES string of the molecule is CCC[SiH](C)O. The van der Waals surface area contributed by atoms with Crippen molar-refractivity contribution in [3.63, 3.8) is 0 Å². The maximum absolute atomic E-state index is 8.69. The highest BCUT2D eigenvalue weighted by atomic mass is 28.3. The van der Waals surface area contributed by atoms with Gasteiger partial charge >= 0.3 is 0 Å². The molecule has 38 valence electrons. The third-order valence-electron chi connectivity index (χ3n) is 0.706. The van der Waals surface area contributed by atoms with Crippen molar-refractivity contribution in [3.8, 4) is 0 Å². The molecule has 0 radical (unpaired) electrons. The van der Waals surface area contributed by atoms with Crippen LogP contribution in [-0.4, -0.2) is 13.8 Å². The van der Waals surface area contributed by atoms with E-state index in [1.165, 1.54) is 0 Å². The van der Waals surface area contributed by atoms with Crippen molar-refractivity contribution < 1.29 is 4.80 Å². The molecule has 1 nitrogen and oxygen atoms in total. The van der Waals surface area contributed by atoms with E-state index >= 15 is 0 Å². The van der Waals surface area contributed by atoms with E-state index in [0.29, 0.717) is 0 Å². The lowest BCUT2D eigenvalue weighted by atomic mass is 10.6. The van der Waals surface area contributed by atoms with Crippen LogP contribution >= 0.6 is 0 Å². The van der Waals surface area contributed by atoms with Gasteiger partial charge in [0.1, 0.15) is 0 Å². The first kappa shape index (κ1) is 6.18. The summed E-state index contributed by atoms with van der Waals surface area (Å²) in [7, 11) is -1.17. The van der Waals surface area contributed by atoms with E-state index in [-0.39, 0.29) is 0 Å². The smallest absolute Gasteiger partial charge is 0.169 e. The molecule has 0 fully saturated rings. The van der Waals surface area contributed by atoms with Crippen molar-refractivity contribution in [3.05, 3.63) is 0 Å². The van der Waals surface area contributed by atoms with Crippen molar-refractivity contribution in [2.24, 2.45) is 0 Å². The van der Waals surface area contributed by atoms with Crippen LogP contribution in [0.4, 0.5) is 0 Å². The molecule has 0 bridgehead atoms. The van der Waals surface area contributed by atoms with Gasteiger partial charge in [0.25, 0.3) is 0 Å². The topological polar surface area (TPSA) is 20.2 Å². The minimum Gasteiger partial charge on any atom is -0.435 e. The third kappa shape index (κ3) is 4.18. The Morgan fingerprint density at radius 2 is 2.17 bits per heavy atom. The van der Waals surface area contributed by atoms with Crippen molar-refractivity contribution in [2.45, 2.75) is 25.9 Å². The fourth-order valence-corrected chi connectivity index (χ4v) is 1.25. The van der Waals surface area contributed by atoms with Crippen LogP contribution in [0, 0.1) is 0 Å². The first-order valence-corrected chi connectivity index (χ1v) is 4.94. The Balaban J connectivity index is 2.63. The zero-order valence-corrected chi connectivity index (χ0v) is 5.59. The first-order valence-electron chi connectivity index (χ1n) is 2.45. The van der Waals surface area contributed by atoms with Crippen LogP contribution in [0.3, 0.4) is 0 Å². The molecular formula is C4H12OSi. The molecule has 0 aromatic rings. The van der Waals surface area contributed by atoms with E-state index in [9.17, 15) is 0 Å². The second kappa shape index (κ2) is 3.37. The fourth-order valence-electron chi connectivity index (χ4n) is 0.418. The normalized spacial score (nSPS) is 14.5. The summed E-state index contributed by atoms with van der Waals surface area (Å²) >= 11 is 0. The van der Waals surface area contributed by atoms with Gasteiger partial charge in [0.15, 0.2) is 9.04 Å². The van der Waals surface area contributed by atoms with Gasteiger partial charge in [-0.05, 0) is 12.6 Å². The molecule has 0 rings (SSSR count). The largest absolute Gasteiger partial charge is 0.435 e. The van der Waals surface area contributed by atoms with Crippen molar-refractivity contribution in [1.29, 1.82) is 0 Å². The molecule has 0 spiro atoms. The lowest BCUT2D eigenvalue weighted by Gasteiger charge is -1.92. The van der Waals surface area contributed by atoms with E-state index < -0.39 is 9.04 Å². The zero-order chi connectivity index (χ0) is 4.99. The molecule has 0 aliphatic heterocycles. The van der Waals surface area contributed by atoms with Gasteiger partial charge in [0.2, 0.25) is 0 Å². The van der Waals surface area contributed by atoms with E-state index in [4.69, 9.17) is 4.80 Å². The molecule has 1 N–H and O–H groups in total. The Morgan fingerprint density at radius 3 is 2.17 bits per heavy atom. The van der Waals surface area contributed by atoms with Gasteiger partial charge in [-0.15, -0.1) is 0 Å². The number of hydrogen-bond donors (Lipinski definition) is 1. The summed E-state index contributed by atoms with van der Waals surface area (Å²) in [6.45, 7) is 4.04. The summed E-state index contributed by atoms with van der Waals surface area (Å²) in [6, 6.07) is 1.07. The molecule has 1 unspecified atom stereocenters. The molecule has 6 heavy (non-hydrogen) atoms.